The maximum atomic E-state index is 11.6. The molecule has 0 bridgehead atoms. The predicted molar refractivity (Wildman–Crippen MR) is 86.3 cm³/mol. The molecule has 0 aliphatic heterocycles. The van der Waals surface area contributed by atoms with Gasteiger partial charge in [0, 0.05) is 19.3 Å². The Morgan fingerprint density at radius 1 is 1.08 bits per heavy atom. The third-order valence-corrected chi connectivity index (χ3v) is 4.44. The van der Waals surface area contributed by atoms with E-state index in [4.69, 9.17) is 0 Å². The molecule has 0 heterocycles. The number of carboxylic acids is 2. The number of rotatable bonds is 13. The van der Waals surface area contributed by atoms with Crippen LogP contribution in [0.4, 0.5) is 0 Å². The number of unbranched alkanes of at least 4 members (excludes halogenated alkanes) is 2. The molecular weight excluding hydrogens is 321 g/mol. The topological polar surface area (TPSA) is 97.7 Å². The van der Waals surface area contributed by atoms with Gasteiger partial charge in [-0.2, -0.15) is 0 Å². The Hall–Kier alpha value is -0.400. The van der Waals surface area contributed by atoms with Gasteiger partial charge in [0.15, 0.2) is 12.8 Å². The van der Waals surface area contributed by atoms with Gasteiger partial charge in [-0.1, -0.05) is 45.8 Å². The monoisotopic (exact) mass is 352 g/mol. The van der Waals surface area contributed by atoms with Gasteiger partial charge >= 0.3 is 35.5 Å². The summed E-state index contributed by atoms with van der Waals surface area (Å²) < 4.78 is -0.386. The molecule has 0 rings (SSSR count). The van der Waals surface area contributed by atoms with E-state index in [1.807, 2.05) is 12.2 Å². The molecule has 24 heavy (non-hydrogen) atoms. The summed E-state index contributed by atoms with van der Waals surface area (Å²) in [5.41, 5.74) is 0. The number of aliphatic hydroxyl groups is 1. The summed E-state index contributed by atoms with van der Waals surface area (Å²) in [6, 6.07) is -2.00. The summed E-state index contributed by atoms with van der Waals surface area (Å²) in [6.45, 7) is 5.21. The zero-order valence-corrected chi connectivity index (χ0v) is 17.5. The zero-order chi connectivity index (χ0) is 17.9. The van der Waals surface area contributed by atoms with E-state index in [-0.39, 0.29) is 53.4 Å². The third-order valence-electron chi connectivity index (χ3n) is 4.44. The molecule has 7 heteroatoms. The number of aliphatic carboxylic acids is 2. The Labute approximate surface area is 167 Å². The molecular formula is C17H31NNaO5+. The maximum absolute atomic E-state index is 11.6. The van der Waals surface area contributed by atoms with Gasteiger partial charge in [0.25, 0.3) is 0 Å². The fourth-order valence-corrected chi connectivity index (χ4v) is 3.17. The SMILES string of the molecule is CCCC/C=C/CC[N+](CO)(C(CC)C(=O)[O-])C(CC)C(=O)O.[Na+]. The second-order valence-electron chi connectivity index (χ2n) is 5.88. The quantitative estimate of drug-likeness (QED) is 0.135. The number of nitrogens with zero attached hydrogens (tertiary/aromatic N) is 1. The van der Waals surface area contributed by atoms with E-state index in [1.54, 1.807) is 13.8 Å². The van der Waals surface area contributed by atoms with E-state index in [0.717, 1.165) is 19.3 Å². The van der Waals surface area contributed by atoms with Crippen LogP contribution in [0.1, 0.15) is 59.3 Å². The van der Waals surface area contributed by atoms with Crippen LogP contribution >= 0.6 is 0 Å². The maximum Gasteiger partial charge on any atom is 1.00 e. The Morgan fingerprint density at radius 2 is 1.62 bits per heavy atom. The second kappa shape index (κ2) is 13.8. The van der Waals surface area contributed by atoms with E-state index in [1.165, 1.54) is 0 Å². The van der Waals surface area contributed by atoms with Crippen LogP contribution in [0, 0.1) is 0 Å². The molecule has 3 unspecified atom stereocenters. The van der Waals surface area contributed by atoms with Gasteiger partial charge < -0.3 is 20.1 Å². The average Bonchev–Trinajstić information content (AvgIpc) is 2.50. The summed E-state index contributed by atoms with van der Waals surface area (Å²) >= 11 is 0. The number of carboxylic acid groups (broad SMARTS) is 2. The Balaban J connectivity index is 0. The molecule has 0 aliphatic carbocycles. The van der Waals surface area contributed by atoms with Crippen molar-refractivity contribution in [3.63, 3.8) is 0 Å². The molecule has 0 amide bonds. The molecule has 0 aromatic heterocycles. The van der Waals surface area contributed by atoms with Crippen LogP contribution < -0.4 is 34.7 Å². The number of carbonyl (C=O) groups is 2. The summed E-state index contributed by atoms with van der Waals surface area (Å²) in [4.78, 5) is 23.1. The van der Waals surface area contributed by atoms with Crippen LogP contribution in [0.3, 0.4) is 0 Å². The van der Waals surface area contributed by atoms with Gasteiger partial charge in [-0.25, -0.2) is 4.79 Å². The first-order chi connectivity index (χ1) is 10.9. The van der Waals surface area contributed by atoms with Crippen molar-refractivity contribution in [3.8, 4) is 0 Å². The minimum Gasteiger partial charge on any atom is -0.544 e. The van der Waals surface area contributed by atoms with Crippen molar-refractivity contribution >= 4 is 11.9 Å². The van der Waals surface area contributed by atoms with Crippen molar-refractivity contribution in [2.45, 2.75) is 71.4 Å². The van der Waals surface area contributed by atoms with Crippen LogP contribution in [0.15, 0.2) is 12.2 Å². The molecule has 0 aromatic rings. The number of quaternary nitrogens is 1. The van der Waals surface area contributed by atoms with Crippen molar-refractivity contribution in [2.75, 3.05) is 13.3 Å². The molecule has 0 saturated heterocycles. The van der Waals surface area contributed by atoms with Crippen molar-refractivity contribution in [3.05, 3.63) is 12.2 Å². The molecule has 0 aromatic carbocycles. The van der Waals surface area contributed by atoms with E-state index in [9.17, 15) is 24.9 Å². The minimum atomic E-state index is -1.31. The average molecular weight is 352 g/mol. The molecule has 0 saturated carbocycles. The smallest absolute Gasteiger partial charge is 0.544 e. The molecule has 0 aliphatic rings. The summed E-state index contributed by atoms with van der Waals surface area (Å²) in [6.07, 6.45) is 8.08. The van der Waals surface area contributed by atoms with Gasteiger partial charge in [0.05, 0.1) is 12.5 Å². The molecule has 0 radical (unpaired) electrons. The first kappa shape index (κ1) is 25.8. The zero-order valence-electron chi connectivity index (χ0n) is 15.5. The molecule has 3 atom stereocenters. The van der Waals surface area contributed by atoms with Crippen molar-refractivity contribution < 1.29 is 58.9 Å². The first-order valence-corrected chi connectivity index (χ1v) is 8.47. The Morgan fingerprint density at radius 3 is 2.00 bits per heavy atom. The molecule has 0 spiro atoms. The van der Waals surface area contributed by atoms with Crippen molar-refractivity contribution in [1.29, 1.82) is 0 Å². The normalized spacial score (nSPS) is 16.2. The Bertz CT molecular complexity index is 378. The van der Waals surface area contributed by atoms with Crippen molar-refractivity contribution in [2.24, 2.45) is 0 Å². The van der Waals surface area contributed by atoms with Crippen LogP contribution in [0.25, 0.3) is 0 Å². The fraction of sp³-hybridized carbons (Fsp3) is 0.765. The summed E-state index contributed by atoms with van der Waals surface area (Å²) in [5.74, 6) is -2.40. The third kappa shape index (κ3) is 7.23. The molecule has 134 valence electrons. The van der Waals surface area contributed by atoms with Crippen LogP contribution in [0.5, 0.6) is 0 Å². The van der Waals surface area contributed by atoms with Crippen LogP contribution in [0.2, 0.25) is 0 Å². The Kier molecular flexibility index (Phi) is 14.9. The summed E-state index contributed by atoms with van der Waals surface area (Å²) in [5, 5.41) is 30.9. The first-order valence-electron chi connectivity index (χ1n) is 8.47. The number of hydrogen-bond acceptors (Lipinski definition) is 4. The van der Waals surface area contributed by atoms with Crippen LogP contribution in [-0.2, 0) is 9.59 Å². The van der Waals surface area contributed by atoms with Gasteiger partial charge in [-0.05, 0) is 6.42 Å². The largest absolute Gasteiger partial charge is 1.00 e. The summed E-state index contributed by atoms with van der Waals surface area (Å²) in [7, 11) is 0. The van der Waals surface area contributed by atoms with Crippen molar-refractivity contribution in [1.82, 2.24) is 0 Å². The van der Waals surface area contributed by atoms with Gasteiger partial charge in [0.1, 0.15) is 6.04 Å². The second-order valence-corrected chi connectivity index (χ2v) is 5.88. The van der Waals surface area contributed by atoms with E-state index in [0.29, 0.717) is 6.42 Å². The van der Waals surface area contributed by atoms with E-state index < -0.39 is 30.8 Å². The fourth-order valence-electron chi connectivity index (χ4n) is 3.17. The standard InChI is InChI=1S/C17H31NO5.Na/c1-4-7-8-9-10-11-12-18(13-19,14(5-2)16(20)21)15(6-3)17(22)23;/h9-10,14-15,19H,4-8,11-13H2,1-3H3,(H-,20,21,22,23);/q;+1/b10-9+;. The molecule has 2 N–H and O–H groups in total. The number of aliphatic hydroxyl groups excluding tert-OH is 1. The van der Waals surface area contributed by atoms with Gasteiger partial charge in [-0.15, -0.1) is 0 Å². The number of hydrogen-bond donors (Lipinski definition) is 2. The molecule has 0 fully saturated rings. The van der Waals surface area contributed by atoms with Crippen LogP contribution in [-0.4, -0.2) is 52.0 Å². The number of carbonyl (C=O) groups excluding carboxylic acids is 1. The predicted octanol–water partition coefficient (Wildman–Crippen LogP) is -1.71. The number of allylic oxidation sites excluding steroid dienone is 1. The minimum absolute atomic E-state index is 0. The van der Waals surface area contributed by atoms with E-state index in [2.05, 4.69) is 6.92 Å². The molecule has 6 nitrogen and oxygen atoms in total. The van der Waals surface area contributed by atoms with Gasteiger partial charge in [-0.3, -0.25) is 4.48 Å². The van der Waals surface area contributed by atoms with E-state index >= 15 is 0 Å². The van der Waals surface area contributed by atoms with Gasteiger partial charge in [0.2, 0.25) is 0 Å².